The standard InChI is InChI=1S/C8H6N4O5.Ag/c13-8(14)3-17-7-2-5-4(9-11-10-5)1-6(7)12(15)16;/h1-2H,3H2,(H,13,14)(H,9,10,11);/q;+1/p-1. The second-order valence-corrected chi connectivity index (χ2v) is 3.05. The first-order chi connectivity index (χ1) is 8.08. The van der Waals surface area contributed by atoms with Gasteiger partial charge in [-0.25, -0.2) is 0 Å². The van der Waals surface area contributed by atoms with Gasteiger partial charge >= 0.3 is 28.1 Å². The van der Waals surface area contributed by atoms with E-state index in [1.54, 1.807) is 0 Å². The molecule has 0 radical (unpaired) electrons. The van der Waals surface area contributed by atoms with E-state index in [0.717, 1.165) is 6.07 Å². The van der Waals surface area contributed by atoms with E-state index in [0.29, 0.717) is 5.52 Å². The number of benzene rings is 1. The zero-order chi connectivity index (χ0) is 12.4. The van der Waals surface area contributed by atoms with Gasteiger partial charge < -0.3 is 14.6 Å². The van der Waals surface area contributed by atoms with Crippen molar-refractivity contribution < 1.29 is 41.9 Å². The van der Waals surface area contributed by atoms with Crippen LogP contribution >= 0.6 is 0 Å². The van der Waals surface area contributed by atoms with Crippen molar-refractivity contribution in [2.75, 3.05) is 6.61 Å². The zero-order valence-electron chi connectivity index (χ0n) is 8.55. The number of carboxylic acids is 1. The molecule has 1 aromatic carbocycles. The average molecular weight is 345 g/mol. The number of nitro benzene ring substituents is 1. The maximum absolute atomic E-state index is 10.7. The Balaban J connectivity index is 0.00000162. The van der Waals surface area contributed by atoms with Crippen molar-refractivity contribution in [2.24, 2.45) is 0 Å². The predicted molar refractivity (Wildman–Crippen MR) is 51.0 cm³/mol. The summed E-state index contributed by atoms with van der Waals surface area (Å²) in [5.74, 6) is -1.67. The fourth-order valence-electron chi connectivity index (χ4n) is 1.25. The van der Waals surface area contributed by atoms with Gasteiger partial charge in [-0.05, 0) is 0 Å². The molecule has 0 spiro atoms. The summed E-state index contributed by atoms with van der Waals surface area (Å²) in [4.78, 5) is 20.3. The van der Waals surface area contributed by atoms with Crippen molar-refractivity contribution in [1.82, 2.24) is 15.4 Å². The number of carbonyl (C=O) groups is 1. The van der Waals surface area contributed by atoms with Crippen LogP contribution in [0.25, 0.3) is 11.0 Å². The van der Waals surface area contributed by atoms with Crippen LogP contribution in [-0.4, -0.2) is 32.9 Å². The van der Waals surface area contributed by atoms with E-state index < -0.39 is 17.5 Å². The molecular formula is C8H5AgN4O5. The quantitative estimate of drug-likeness (QED) is 0.426. The summed E-state index contributed by atoms with van der Waals surface area (Å²) in [6.07, 6.45) is 0. The van der Waals surface area contributed by atoms with Crippen LogP contribution in [0.5, 0.6) is 5.75 Å². The number of aliphatic carboxylic acids is 1. The minimum Gasteiger partial charge on any atom is -0.546 e. The van der Waals surface area contributed by atoms with Crippen LogP contribution in [-0.2, 0) is 27.2 Å². The number of carboxylic acid groups (broad SMARTS) is 1. The first-order valence-corrected chi connectivity index (χ1v) is 4.39. The van der Waals surface area contributed by atoms with Crippen molar-refractivity contribution in [3.8, 4) is 5.75 Å². The molecule has 0 aliphatic heterocycles. The SMILES string of the molecule is O=C([O-])COc1cc2n[nH]nc2cc1[N+](=O)[O-].[Ag+]. The van der Waals surface area contributed by atoms with Gasteiger partial charge in [0, 0.05) is 12.1 Å². The van der Waals surface area contributed by atoms with Gasteiger partial charge in [0.15, 0.2) is 5.75 Å². The van der Waals surface area contributed by atoms with Gasteiger partial charge in [-0.3, -0.25) is 10.1 Å². The number of carbonyl (C=O) groups excluding carboxylic acids is 1. The molecular weight excluding hydrogens is 340 g/mol. The molecule has 0 amide bonds. The predicted octanol–water partition coefficient (Wildman–Crippen LogP) is -1.01. The van der Waals surface area contributed by atoms with Gasteiger partial charge in [-0.1, -0.05) is 0 Å². The third kappa shape index (κ3) is 2.83. The summed E-state index contributed by atoms with van der Waals surface area (Å²) < 4.78 is 4.75. The van der Waals surface area contributed by atoms with Crippen molar-refractivity contribution >= 4 is 22.7 Å². The summed E-state index contributed by atoms with van der Waals surface area (Å²) in [6.45, 7) is -0.774. The summed E-state index contributed by atoms with van der Waals surface area (Å²) in [7, 11) is 0. The second kappa shape index (κ2) is 5.58. The van der Waals surface area contributed by atoms with E-state index in [1.807, 2.05) is 0 Å². The Morgan fingerprint density at radius 3 is 2.56 bits per heavy atom. The largest absolute Gasteiger partial charge is 1.00 e. The van der Waals surface area contributed by atoms with Crippen molar-refractivity contribution in [3.05, 3.63) is 22.2 Å². The third-order valence-electron chi connectivity index (χ3n) is 1.94. The molecule has 1 aromatic heterocycles. The van der Waals surface area contributed by atoms with Crippen LogP contribution in [0.3, 0.4) is 0 Å². The van der Waals surface area contributed by atoms with E-state index in [-0.39, 0.29) is 39.3 Å². The maximum atomic E-state index is 10.7. The minimum atomic E-state index is -1.47. The van der Waals surface area contributed by atoms with E-state index >= 15 is 0 Å². The van der Waals surface area contributed by atoms with Crippen molar-refractivity contribution in [2.45, 2.75) is 0 Å². The first-order valence-electron chi connectivity index (χ1n) is 4.39. The molecule has 2 rings (SSSR count). The Morgan fingerprint density at radius 2 is 2.00 bits per heavy atom. The van der Waals surface area contributed by atoms with Crippen LogP contribution < -0.4 is 9.84 Å². The molecule has 1 N–H and O–H groups in total. The van der Waals surface area contributed by atoms with Gasteiger partial charge in [0.05, 0.1) is 10.9 Å². The van der Waals surface area contributed by atoms with Gasteiger partial charge in [0.25, 0.3) is 0 Å². The van der Waals surface area contributed by atoms with Crippen LogP contribution in [0.4, 0.5) is 5.69 Å². The molecule has 98 valence electrons. The number of aromatic amines is 1. The van der Waals surface area contributed by atoms with Gasteiger partial charge in [-0.2, -0.15) is 15.4 Å². The topological polar surface area (TPSA) is 134 Å². The molecule has 0 saturated carbocycles. The molecule has 2 aromatic rings. The third-order valence-corrected chi connectivity index (χ3v) is 1.94. The molecule has 0 aliphatic carbocycles. The van der Waals surface area contributed by atoms with Crippen LogP contribution in [0.15, 0.2) is 12.1 Å². The molecule has 0 saturated heterocycles. The Bertz CT molecular complexity index is 598. The Morgan fingerprint density at radius 1 is 1.39 bits per heavy atom. The molecule has 10 heteroatoms. The number of ether oxygens (including phenoxy) is 1. The summed E-state index contributed by atoms with van der Waals surface area (Å²) in [5, 5.41) is 30.6. The van der Waals surface area contributed by atoms with Crippen LogP contribution in [0.2, 0.25) is 0 Å². The van der Waals surface area contributed by atoms with E-state index in [4.69, 9.17) is 4.74 Å². The minimum absolute atomic E-state index is 0. The maximum Gasteiger partial charge on any atom is 1.00 e. The van der Waals surface area contributed by atoms with Gasteiger partial charge in [-0.15, -0.1) is 0 Å². The molecule has 0 atom stereocenters. The van der Waals surface area contributed by atoms with Crippen molar-refractivity contribution in [3.63, 3.8) is 0 Å². The summed E-state index contributed by atoms with van der Waals surface area (Å²) in [6, 6.07) is 2.38. The van der Waals surface area contributed by atoms with Crippen LogP contribution in [0.1, 0.15) is 0 Å². The first kappa shape index (κ1) is 14.1. The summed E-state index contributed by atoms with van der Waals surface area (Å²) in [5.41, 5.74) is 0.245. The number of nitro groups is 1. The molecule has 0 aliphatic rings. The van der Waals surface area contributed by atoms with E-state index in [1.165, 1.54) is 6.07 Å². The number of nitrogens with zero attached hydrogens (tertiary/aromatic N) is 3. The molecule has 0 bridgehead atoms. The summed E-state index contributed by atoms with van der Waals surface area (Å²) >= 11 is 0. The van der Waals surface area contributed by atoms with Crippen LogP contribution in [0, 0.1) is 10.1 Å². The molecule has 1 heterocycles. The van der Waals surface area contributed by atoms with Crippen molar-refractivity contribution in [1.29, 1.82) is 0 Å². The molecule has 9 nitrogen and oxygen atoms in total. The Hall–Kier alpha value is -1.97. The zero-order valence-corrected chi connectivity index (χ0v) is 10.0. The fourth-order valence-corrected chi connectivity index (χ4v) is 1.25. The number of H-pyrrole nitrogens is 1. The Kier molecular flexibility index (Phi) is 4.37. The van der Waals surface area contributed by atoms with E-state index in [2.05, 4.69) is 15.4 Å². The normalized spacial score (nSPS) is 9.78. The number of nitrogens with one attached hydrogen (secondary N) is 1. The average Bonchev–Trinajstić information content (AvgIpc) is 2.71. The number of rotatable bonds is 4. The number of hydrogen-bond acceptors (Lipinski definition) is 7. The van der Waals surface area contributed by atoms with Gasteiger partial charge in [0.2, 0.25) is 0 Å². The second-order valence-electron chi connectivity index (χ2n) is 3.05. The smallest absolute Gasteiger partial charge is 0.546 e. The molecule has 0 fully saturated rings. The van der Waals surface area contributed by atoms with E-state index in [9.17, 15) is 20.0 Å². The molecule has 0 unspecified atom stereocenters. The number of hydrogen-bond donors (Lipinski definition) is 1. The Labute approximate surface area is 115 Å². The van der Waals surface area contributed by atoms with Gasteiger partial charge in [0.1, 0.15) is 17.6 Å². The monoisotopic (exact) mass is 344 g/mol. The fraction of sp³-hybridized carbons (Fsp3) is 0.125. The number of fused-ring (bicyclic) bond motifs is 1. The molecule has 18 heavy (non-hydrogen) atoms. The number of aromatic nitrogens is 3.